The van der Waals surface area contributed by atoms with Gasteiger partial charge in [-0.2, -0.15) is 0 Å². The number of aromatic nitrogens is 1. The lowest BCUT2D eigenvalue weighted by Gasteiger charge is -2.11. The van der Waals surface area contributed by atoms with Gasteiger partial charge in [-0.3, -0.25) is 9.78 Å². The summed E-state index contributed by atoms with van der Waals surface area (Å²) in [4.78, 5) is 15.9. The summed E-state index contributed by atoms with van der Waals surface area (Å²) in [5.41, 5.74) is 6.19. The number of hydrogen-bond acceptors (Lipinski definition) is 2. The summed E-state index contributed by atoms with van der Waals surface area (Å²) in [6.07, 6.45) is 1.82. The zero-order valence-electron chi connectivity index (χ0n) is 12.7. The molecule has 108 valence electrons. The Morgan fingerprint density at radius 2 is 1.55 bits per heavy atom. The molecule has 1 aromatic heterocycles. The first-order chi connectivity index (χ1) is 10.7. The Kier molecular flexibility index (Phi) is 3.84. The highest BCUT2D eigenvalue weighted by Gasteiger charge is 2.10. The molecule has 0 aliphatic heterocycles. The number of Topliss-reactive ketones (excluding diaryl/α,β-unsaturated/α-hetero) is 1. The molecule has 22 heavy (non-hydrogen) atoms. The van der Waals surface area contributed by atoms with Gasteiger partial charge in [-0.15, -0.1) is 0 Å². The van der Waals surface area contributed by atoms with Gasteiger partial charge in [0.05, 0.1) is 5.69 Å². The number of rotatable bonds is 3. The first-order valence-electron chi connectivity index (χ1n) is 7.29. The minimum absolute atomic E-state index is 0.0837. The van der Waals surface area contributed by atoms with E-state index in [0.29, 0.717) is 0 Å². The molecule has 0 saturated carbocycles. The molecule has 0 saturated heterocycles. The lowest BCUT2D eigenvalue weighted by molar-refractivity contribution is 0.101. The molecule has 3 rings (SSSR count). The third-order valence-corrected chi connectivity index (χ3v) is 3.79. The van der Waals surface area contributed by atoms with Crippen molar-refractivity contribution in [2.24, 2.45) is 0 Å². The van der Waals surface area contributed by atoms with Crippen LogP contribution in [0.4, 0.5) is 0 Å². The molecular formula is C20H17NO. The molecule has 0 aliphatic rings. The number of carbonyl (C=O) groups is 1. The molecule has 0 fully saturated rings. The van der Waals surface area contributed by atoms with E-state index in [1.165, 1.54) is 0 Å². The van der Waals surface area contributed by atoms with Gasteiger partial charge >= 0.3 is 0 Å². The molecule has 0 N–H and O–H groups in total. The Morgan fingerprint density at radius 3 is 2.18 bits per heavy atom. The maximum Gasteiger partial charge on any atom is 0.159 e. The van der Waals surface area contributed by atoms with E-state index in [9.17, 15) is 4.79 Å². The molecule has 0 aliphatic carbocycles. The lowest BCUT2D eigenvalue weighted by atomic mass is 9.95. The Morgan fingerprint density at radius 1 is 0.864 bits per heavy atom. The number of hydrogen-bond donors (Lipinski definition) is 0. The Bertz CT molecular complexity index is 819. The fourth-order valence-corrected chi connectivity index (χ4v) is 2.59. The summed E-state index contributed by atoms with van der Waals surface area (Å²) in [5.74, 6) is 0.0837. The van der Waals surface area contributed by atoms with E-state index >= 15 is 0 Å². The van der Waals surface area contributed by atoms with Crippen LogP contribution in [-0.4, -0.2) is 10.8 Å². The highest BCUT2D eigenvalue weighted by atomic mass is 16.1. The van der Waals surface area contributed by atoms with Crippen LogP contribution in [0, 0.1) is 6.92 Å². The summed E-state index contributed by atoms with van der Waals surface area (Å²) < 4.78 is 0. The van der Waals surface area contributed by atoms with Crippen LogP contribution in [0.1, 0.15) is 22.8 Å². The van der Waals surface area contributed by atoms with E-state index in [-0.39, 0.29) is 5.78 Å². The monoisotopic (exact) mass is 287 g/mol. The molecule has 0 amide bonds. The zero-order chi connectivity index (χ0) is 15.5. The number of ketones is 1. The van der Waals surface area contributed by atoms with Crippen molar-refractivity contribution in [1.29, 1.82) is 0 Å². The first kappa shape index (κ1) is 14.2. The van der Waals surface area contributed by atoms with Crippen LogP contribution in [0.2, 0.25) is 0 Å². The zero-order valence-corrected chi connectivity index (χ0v) is 12.7. The lowest BCUT2D eigenvalue weighted by Crippen LogP contribution is -1.93. The molecule has 0 atom stereocenters. The third-order valence-electron chi connectivity index (χ3n) is 3.79. The standard InChI is InChI=1S/C20H17NO/c1-14-6-5-13-21-20(14)19-8-4-3-7-18(19)17-11-9-16(10-12-17)15(2)22/h3-13H,1-2H3. The molecule has 1 heterocycles. The van der Waals surface area contributed by atoms with Crippen LogP contribution in [0.15, 0.2) is 66.9 Å². The minimum Gasteiger partial charge on any atom is -0.295 e. The Hall–Kier alpha value is -2.74. The second-order valence-electron chi connectivity index (χ2n) is 5.35. The molecule has 0 unspecified atom stereocenters. The van der Waals surface area contributed by atoms with Gasteiger partial charge in [0, 0.05) is 17.3 Å². The maximum atomic E-state index is 11.4. The van der Waals surface area contributed by atoms with Crippen molar-refractivity contribution in [3.63, 3.8) is 0 Å². The normalized spacial score (nSPS) is 10.5. The largest absolute Gasteiger partial charge is 0.295 e. The fourth-order valence-electron chi connectivity index (χ4n) is 2.59. The third kappa shape index (κ3) is 2.68. The molecule has 0 radical (unpaired) electrons. The predicted octanol–water partition coefficient (Wildman–Crippen LogP) is 4.93. The van der Waals surface area contributed by atoms with E-state index in [1.807, 2.05) is 48.7 Å². The van der Waals surface area contributed by atoms with Crippen molar-refractivity contribution in [3.8, 4) is 22.4 Å². The van der Waals surface area contributed by atoms with E-state index in [1.54, 1.807) is 6.92 Å². The molecule has 2 aromatic carbocycles. The SMILES string of the molecule is CC(=O)c1ccc(-c2ccccc2-c2ncccc2C)cc1. The minimum atomic E-state index is 0.0837. The molecule has 0 spiro atoms. The van der Waals surface area contributed by atoms with E-state index in [2.05, 4.69) is 30.1 Å². The second kappa shape index (κ2) is 5.94. The summed E-state index contributed by atoms with van der Waals surface area (Å²) in [6, 6.07) is 20.0. The van der Waals surface area contributed by atoms with Crippen LogP contribution in [0.5, 0.6) is 0 Å². The van der Waals surface area contributed by atoms with E-state index in [0.717, 1.165) is 33.5 Å². The average Bonchev–Trinajstić information content (AvgIpc) is 2.55. The fraction of sp³-hybridized carbons (Fsp3) is 0.100. The van der Waals surface area contributed by atoms with Gasteiger partial charge in [-0.05, 0) is 36.6 Å². The van der Waals surface area contributed by atoms with Crippen molar-refractivity contribution in [2.45, 2.75) is 13.8 Å². The smallest absolute Gasteiger partial charge is 0.159 e. The number of carbonyl (C=O) groups excluding carboxylic acids is 1. The average molecular weight is 287 g/mol. The summed E-state index contributed by atoms with van der Waals surface area (Å²) >= 11 is 0. The topological polar surface area (TPSA) is 30.0 Å². The van der Waals surface area contributed by atoms with E-state index in [4.69, 9.17) is 0 Å². The molecule has 3 aromatic rings. The van der Waals surface area contributed by atoms with Gasteiger partial charge in [0.25, 0.3) is 0 Å². The Balaban J connectivity index is 2.13. The van der Waals surface area contributed by atoms with Crippen LogP contribution < -0.4 is 0 Å². The van der Waals surface area contributed by atoms with Gasteiger partial charge < -0.3 is 0 Å². The number of pyridine rings is 1. The summed E-state index contributed by atoms with van der Waals surface area (Å²) in [7, 11) is 0. The molecule has 0 bridgehead atoms. The van der Waals surface area contributed by atoms with Gasteiger partial charge in [0.1, 0.15) is 0 Å². The van der Waals surface area contributed by atoms with Crippen LogP contribution in [0.25, 0.3) is 22.4 Å². The predicted molar refractivity (Wildman–Crippen MR) is 89.9 cm³/mol. The van der Waals surface area contributed by atoms with Gasteiger partial charge in [0.15, 0.2) is 5.78 Å². The second-order valence-corrected chi connectivity index (χ2v) is 5.35. The van der Waals surface area contributed by atoms with Gasteiger partial charge in [-0.25, -0.2) is 0 Å². The van der Waals surface area contributed by atoms with Crippen molar-refractivity contribution in [3.05, 3.63) is 78.0 Å². The van der Waals surface area contributed by atoms with Crippen molar-refractivity contribution in [2.75, 3.05) is 0 Å². The van der Waals surface area contributed by atoms with Crippen LogP contribution in [0.3, 0.4) is 0 Å². The van der Waals surface area contributed by atoms with Crippen molar-refractivity contribution >= 4 is 5.78 Å². The van der Waals surface area contributed by atoms with Crippen LogP contribution in [-0.2, 0) is 0 Å². The first-order valence-corrected chi connectivity index (χ1v) is 7.29. The summed E-state index contributed by atoms with van der Waals surface area (Å²) in [5, 5.41) is 0. The van der Waals surface area contributed by atoms with Crippen molar-refractivity contribution < 1.29 is 4.79 Å². The van der Waals surface area contributed by atoms with Gasteiger partial charge in [-0.1, -0.05) is 54.6 Å². The number of aryl methyl sites for hydroxylation is 1. The number of benzene rings is 2. The highest BCUT2D eigenvalue weighted by Crippen LogP contribution is 2.32. The van der Waals surface area contributed by atoms with E-state index < -0.39 is 0 Å². The summed E-state index contributed by atoms with van der Waals surface area (Å²) in [6.45, 7) is 3.65. The van der Waals surface area contributed by atoms with Gasteiger partial charge in [0.2, 0.25) is 0 Å². The van der Waals surface area contributed by atoms with Crippen LogP contribution >= 0.6 is 0 Å². The molecule has 2 heteroatoms. The number of nitrogens with zero attached hydrogens (tertiary/aromatic N) is 1. The highest BCUT2D eigenvalue weighted by molar-refractivity contribution is 5.95. The molecular weight excluding hydrogens is 270 g/mol. The van der Waals surface area contributed by atoms with Crippen molar-refractivity contribution in [1.82, 2.24) is 4.98 Å². The maximum absolute atomic E-state index is 11.4. The molecule has 2 nitrogen and oxygen atoms in total. The quantitative estimate of drug-likeness (QED) is 0.639. The Labute approximate surface area is 130 Å².